The molecule has 8 nitrogen and oxygen atoms in total. The summed E-state index contributed by atoms with van der Waals surface area (Å²) in [7, 11) is 0. The number of carbonyl (C=O) groups excluding carboxylic acids is 4. The van der Waals surface area contributed by atoms with Gasteiger partial charge in [0.25, 0.3) is 0 Å². The molecule has 0 spiro atoms. The van der Waals surface area contributed by atoms with Gasteiger partial charge in [-0.25, -0.2) is 9.59 Å². The molecule has 0 aromatic heterocycles. The Morgan fingerprint density at radius 1 is 1.04 bits per heavy atom. The number of nitrogens with one attached hydrogen (secondary N) is 2. The molecule has 0 aliphatic rings. The van der Waals surface area contributed by atoms with Gasteiger partial charge >= 0.3 is 12.1 Å². The molecular formula is C15H26N2O6. The molecule has 0 saturated carbocycles. The van der Waals surface area contributed by atoms with Crippen LogP contribution in [0.15, 0.2) is 0 Å². The van der Waals surface area contributed by atoms with Crippen molar-refractivity contribution < 1.29 is 28.7 Å². The Bertz CT molecular complexity index is 455. The lowest BCUT2D eigenvalue weighted by Gasteiger charge is -2.23. The number of rotatable bonds is 7. The number of esters is 1. The van der Waals surface area contributed by atoms with E-state index in [1.54, 1.807) is 34.6 Å². The van der Waals surface area contributed by atoms with Crippen LogP contribution in [-0.4, -0.2) is 48.0 Å². The van der Waals surface area contributed by atoms with Gasteiger partial charge < -0.3 is 20.1 Å². The number of hydrogen-bond donors (Lipinski definition) is 2. The number of hydrogen-bond acceptors (Lipinski definition) is 6. The first kappa shape index (κ1) is 20.9. The van der Waals surface area contributed by atoms with Gasteiger partial charge in [0.1, 0.15) is 11.6 Å². The van der Waals surface area contributed by atoms with Crippen molar-refractivity contribution in [3.8, 4) is 0 Å². The fraction of sp³-hybridized carbons (Fsp3) is 0.733. The van der Waals surface area contributed by atoms with Crippen LogP contribution in [0.5, 0.6) is 0 Å². The van der Waals surface area contributed by atoms with Crippen LogP contribution in [0.2, 0.25) is 0 Å². The van der Waals surface area contributed by atoms with Gasteiger partial charge in [0, 0.05) is 0 Å². The van der Waals surface area contributed by atoms with Crippen molar-refractivity contribution >= 4 is 23.8 Å². The lowest BCUT2D eigenvalue weighted by atomic mass is 10.1. The number of ether oxygens (including phenoxy) is 2. The first-order valence-corrected chi connectivity index (χ1v) is 7.48. The van der Waals surface area contributed by atoms with E-state index in [-0.39, 0.29) is 13.0 Å². The monoisotopic (exact) mass is 330 g/mol. The maximum Gasteiger partial charge on any atom is 0.408 e. The van der Waals surface area contributed by atoms with Crippen LogP contribution in [0.3, 0.4) is 0 Å². The minimum atomic E-state index is -1.39. The van der Waals surface area contributed by atoms with Crippen LogP contribution >= 0.6 is 0 Å². The van der Waals surface area contributed by atoms with Gasteiger partial charge in [-0.3, -0.25) is 9.59 Å². The number of carbonyl (C=O) groups is 4. The average Bonchev–Trinajstić information content (AvgIpc) is 2.39. The van der Waals surface area contributed by atoms with E-state index in [2.05, 4.69) is 10.6 Å². The zero-order chi connectivity index (χ0) is 18.2. The molecule has 0 bridgehead atoms. The summed E-state index contributed by atoms with van der Waals surface area (Å²) < 4.78 is 9.81. The second-order valence-electron chi connectivity index (χ2n) is 5.91. The Labute approximate surface area is 136 Å². The Balaban J connectivity index is 4.84. The van der Waals surface area contributed by atoms with E-state index < -0.39 is 41.4 Å². The molecule has 2 N–H and O–H groups in total. The SMILES string of the molecule is CCOC(=O)C(NC(=O)[C@H](CC)NC(=O)OC(C)(C)C)C(C)=O. The molecule has 1 unspecified atom stereocenters. The molecular weight excluding hydrogens is 304 g/mol. The largest absolute Gasteiger partial charge is 0.464 e. The normalized spacial score (nSPS) is 13.5. The molecule has 8 heteroatoms. The zero-order valence-corrected chi connectivity index (χ0v) is 14.5. The molecule has 0 aliphatic heterocycles. The predicted octanol–water partition coefficient (Wildman–Crippen LogP) is 0.927. The van der Waals surface area contributed by atoms with E-state index in [9.17, 15) is 19.2 Å². The van der Waals surface area contributed by atoms with Crippen LogP contribution in [0.4, 0.5) is 4.79 Å². The maximum atomic E-state index is 12.2. The van der Waals surface area contributed by atoms with Gasteiger partial charge in [-0.15, -0.1) is 0 Å². The lowest BCUT2D eigenvalue weighted by Crippen LogP contribution is -2.54. The fourth-order valence-corrected chi connectivity index (χ4v) is 1.60. The second kappa shape index (κ2) is 9.12. The van der Waals surface area contributed by atoms with Gasteiger partial charge in [-0.2, -0.15) is 0 Å². The molecule has 0 radical (unpaired) electrons. The van der Waals surface area contributed by atoms with Crippen molar-refractivity contribution in [1.82, 2.24) is 10.6 Å². The molecule has 0 saturated heterocycles. The Kier molecular flexibility index (Phi) is 8.28. The summed E-state index contributed by atoms with van der Waals surface area (Å²) in [6.07, 6.45) is -0.492. The lowest BCUT2D eigenvalue weighted by molar-refractivity contribution is -0.150. The van der Waals surface area contributed by atoms with Crippen molar-refractivity contribution in [2.75, 3.05) is 6.61 Å². The Morgan fingerprint density at radius 2 is 1.61 bits per heavy atom. The summed E-state index contributed by atoms with van der Waals surface area (Å²) in [6.45, 7) is 9.61. The molecule has 0 rings (SSSR count). The minimum absolute atomic E-state index is 0.0891. The van der Waals surface area contributed by atoms with Gasteiger partial charge in [-0.05, 0) is 41.0 Å². The van der Waals surface area contributed by atoms with Gasteiger partial charge in [-0.1, -0.05) is 6.92 Å². The molecule has 0 aliphatic carbocycles. The third kappa shape index (κ3) is 8.18. The summed E-state index contributed by atoms with van der Waals surface area (Å²) in [5.41, 5.74) is -0.703. The molecule has 2 atom stereocenters. The van der Waals surface area contributed by atoms with E-state index >= 15 is 0 Å². The molecule has 132 valence electrons. The minimum Gasteiger partial charge on any atom is -0.464 e. The summed E-state index contributed by atoms with van der Waals surface area (Å²) in [6, 6.07) is -2.32. The molecule has 0 heterocycles. The molecule has 2 amide bonds. The van der Waals surface area contributed by atoms with Crippen molar-refractivity contribution in [3.05, 3.63) is 0 Å². The van der Waals surface area contributed by atoms with E-state index in [0.29, 0.717) is 0 Å². The number of Topliss-reactive ketones (excluding diaryl/α,β-unsaturated/α-hetero) is 1. The van der Waals surface area contributed by atoms with Gasteiger partial charge in [0.15, 0.2) is 11.8 Å². The average molecular weight is 330 g/mol. The number of alkyl carbamates (subject to hydrolysis) is 1. The Morgan fingerprint density at radius 3 is 2.00 bits per heavy atom. The zero-order valence-electron chi connectivity index (χ0n) is 14.5. The number of amides is 2. The first-order chi connectivity index (χ1) is 10.5. The standard InChI is InChI=1S/C15H26N2O6/c1-7-10(16-14(21)23-15(4,5)6)12(19)17-11(9(3)18)13(20)22-8-2/h10-11H,7-8H2,1-6H3,(H,16,21)(H,17,19)/t10-,11?/m0/s1. The van der Waals surface area contributed by atoms with Crippen LogP contribution < -0.4 is 10.6 Å². The van der Waals surface area contributed by atoms with Gasteiger partial charge in [0.05, 0.1) is 6.61 Å². The quantitative estimate of drug-likeness (QED) is 0.530. The Hall–Kier alpha value is -2.12. The predicted molar refractivity (Wildman–Crippen MR) is 82.7 cm³/mol. The van der Waals surface area contributed by atoms with Crippen LogP contribution in [-0.2, 0) is 23.9 Å². The van der Waals surface area contributed by atoms with E-state index in [4.69, 9.17) is 9.47 Å². The van der Waals surface area contributed by atoms with Crippen LogP contribution in [0.25, 0.3) is 0 Å². The van der Waals surface area contributed by atoms with Crippen LogP contribution in [0.1, 0.15) is 48.0 Å². The van der Waals surface area contributed by atoms with Gasteiger partial charge in [0.2, 0.25) is 5.91 Å². The maximum absolute atomic E-state index is 12.2. The summed E-state index contributed by atoms with van der Waals surface area (Å²) in [5, 5.41) is 4.69. The first-order valence-electron chi connectivity index (χ1n) is 7.48. The highest BCUT2D eigenvalue weighted by molar-refractivity contribution is 6.05. The van der Waals surface area contributed by atoms with Crippen molar-refractivity contribution in [1.29, 1.82) is 0 Å². The van der Waals surface area contributed by atoms with Crippen molar-refractivity contribution in [2.45, 2.75) is 65.6 Å². The molecule has 0 fully saturated rings. The van der Waals surface area contributed by atoms with Crippen molar-refractivity contribution in [3.63, 3.8) is 0 Å². The summed E-state index contributed by atoms with van der Waals surface area (Å²) >= 11 is 0. The smallest absolute Gasteiger partial charge is 0.408 e. The van der Waals surface area contributed by atoms with E-state index in [1.165, 1.54) is 6.92 Å². The fourth-order valence-electron chi connectivity index (χ4n) is 1.60. The van der Waals surface area contributed by atoms with E-state index in [1.807, 2.05) is 0 Å². The second-order valence-corrected chi connectivity index (χ2v) is 5.91. The molecule has 0 aromatic rings. The molecule has 23 heavy (non-hydrogen) atoms. The van der Waals surface area contributed by atoms with Crippen LogP contribution in [0, 0.1) is 0 Å². The summed E-state index contributed by atoms with van der Waals surface area (Å²) in [5.74, 6) is -2.05. The third-order valence-corrected chi connectivity index (χ3v) is 2.63. The highest BCUT2D eigenvalue weighted by Crippen LogP contribution is 2.07. The number of ketones is 1. The highest BCUT2D eigenvalue weighted by atomic mass is 16.6. The summed E-state index contributed by atoms with van der Waals surface area (Å²) in [4.78, 5) is 47.0. The topological polar surface area (TPSA) is 111 Å². The highest BCUT2D eigenvalue weighted by Gasteiger charge is 2.30. The third-order valence-electron chi connectivity index (χ3n) is 2.63. The van der Waals surface area contributed by atoms with Crippen molar-refractivity contribution in [2.24, 2.45) is 0 Å². The molecule has 0 aromatic carbocycles. The van der Waals surface area contributed by atoms with E-state index in [0.717, 1.165) is 0 Å².